The normalized spacial score (nSPS) is 14.7. The van der Waals surface area contributed by atoms with E-state index in [4.69, 9.17) is 15.2 Å². The molecule has 0 bridgehead atoms. The van der Waals surface area contributed by atoms with Gasteiger partial charge in [-0.3, -0.25) is 4.79 Å². The van der Waals surface area contributed by atoms with Crippen LogP contribution in [0.2, 0.25) is 0 Å². The third-order valence-electron chi connectivity index (χ3n) is 5.06. The molecule has 0 fully saturated rings. The van der Waals surface area contributed by atoms with Crippen molar-refractivity contribution in [1.82, 2.24) is 5.32 Å². The first-order valence-corrected chi connectivity index (χ1v) is 11.5. The number of phenols is 1. The molecule has 4 N–H and O–H groups in total. The summed E-state index contributed by atoms with van der Waals surface area (Å²) in [5.74, 6) is 0.272. The molecule has 0 aliphatic carbocycles. The minimum Gasteiger partial charge on any atom is -0.502 e. The Hall–Kier alpha value is -3.54. The maximum absolute atomic E-state index is 12.2. The highest BCUT2D eigenvalue weighted by atomic mass is 32.2. The summed E-state index contributed by atoms with van der Waals surface area (Å²) in [6.45, 7) is 0.513. The predicted molar refractivity (Wildman–Crippen MR) is 134 cm³/mol. The summed E-state index contributed by atoms with van der Waals surface area (Å²) < 4.78 is 10.3. The number of aromatic hydroxyl groups is 1. The summed E-state index contributed by atoms with van der Waals surface area (Å²) in [6.07, 6.45) is 8.77. The quantitative estimate of drug-likeness (QED) is 0.379. The Morgan fingerprint density at radius 2 is 1.91 bits per heavy atom. The van der Waals surface area contributed by atoms with Gasteiger partial charge in [0.1, 0.15) is 0 Å². The SMILES string of the molecule is COc1cc(/C=C/C(=O)NCCc2ccc(C=C=C(N)C3CC=CS3)cc2)cc(OC)c1O. The van der Waals surface area contributed by atoms with Gasteiger partial charge in [-0.05, 0) is 59.2 Å². The Labute approximate surface area is 198 Å². The molecule has 33 heavy (non-hydrogen) atoms. The average molecular weight is 465 g/mol. The van der Waals surface area contributed by atoms with Gasteiger partial charge in [-0.1, -0.05) is 36.1 Å². The van der Waals surface area contributed by atoms with Crippen LogP contribution in [0.5, 0.6) is 17.2 Å². The van der Waals surface area contributed by atoms with E-state index < -0.39 is 0 Å². The number of rotatable bonds is 9. The third kappa shape index (κ3) is 6.97. The van der Waals surface area contributed by atoms with E-state index in [0.29, 0.717) is 18.5 Å². The number of ether oxygens (including phenoxy) is 2. The number of methoxy groups -OCH3 is 2. The molecule has 6 nitrogen and oxygen atoms in total. The second kappa shape index (κ2) is 11.9. The highest BCUT2D eigenvalue weighted by Crippen LogP contribution is 2.37. The molecule has 172 valence electrons. The Morgan fingerprint density at radius 1 is 1.21 bits per heavy atom. The number of nitrogens with two attached hydrogens (primary N) is 1. The van der Waals surface area contributed by atoms with E-state index in [1.54, 1.807) is 30.0 Å². The lowest BCUT2D eigenvalue weighted by Gasteiger charge is -2.09. The van der Waals surface area contributed by atoms with Crippen LogP contribution in [0.15, 0.2) is 65.4 Å². The maximum Gasteiger partial charge on any atom is 0.244 e. The van der Waals surface area contributed by atoms with Gasteiger partial charge < -0.3 is 25.6 Å². The van der Waals surface area contributed by atoms with Crippen molar-refractivity contribution >= 4 is 29.8 Å². The fourth-order valence-electron chi connectivity index (χ4n) is 3.20. The van der Waals surface area contributed by atoms with Gasteiger partial charge in [0.25, 0.3) is 0 Å². The second-order valence-electron chi connectivity index (χ2n) is 7.37. The van der Waals surface area contributed by atoms with Crippen LogP contribution in [0.25, 0.3) is 12.2 Å². The number of phenolic OH excluding ortho intramolecular Hbond substituents is 1. The zero-order valence-corrected chi connectivity index (χ0v) is 19.5. The summed E-state index contributed by atoms with van der Waals surface area (Å²) in [4.78, 5) is 12.2. The standard InChI is InChI=1S/C26H28N2O4S/c1-31-22-16-20(17-23(32-2)26(22)30)10-12-25(29)28-14-13-19-7-5-18(6-8-19)9-11-21(27)24-4-3-15-33-24/h3,5-10,12,15-17,24,30H,4,13-14,27H2,1-2H3,(H,28,29)/b12-10+. The molecule has 7 heteroatoms. The Morgan fingerprint density at radius 3 is 2.52 bits per heavy atom. The maximum atomic E-state index is 12.2. The number of carbonyl (C=O) groups is 1. The van der Waals surface area contributed by atoms with Crippen molar-refractivity contribution in [3.63, 3.8) is 0 Å². The molecule has 0 aromatic heterocycles. The van der Waals surface area contributed by atoms with Gasteiger partial charge in [-0.15, -0.1) is 11.8 Å². The van der Waals surface area contributed by atoms with Crippen LogP contribution in [0.4, 0.5) is 0 Å². The largest absolute Gasteiger partial charge is 0.502 e. The van der Waals surface area contributed by atoms with Crippen LogP contribution in [-0.4, -0.2) is 37.0 Å². The molecular weight excluding hydrogens is 436 g/mol. The molecule has 1 aliphatic rings. The van der Waals surface area contributed by atoms with Crippen molar-refractivity contribution in [1.29, 1.82) is 0 Å². The predicted octanol–water partition coefficient (Wildman–Crippen LogP) is 4.26. The van der Waals surface area contributed by atoms with Gasteiger partial charge in [-0.25, -0.2) is 0 Å². The average Bonchev–Trinajstić information content (AvgIpc) is 3.38. The van der Waals surface area contributed by atoms with Crippen molar-refractivity contribution in [3.05, 3.63) is 82.1 Å². The summed E-state index contributed by atoms with van der Waals surface area (Å²) in [6, 6.07) is 11.4. The van der Waals surface area contributed by atoms with Gasteiger partial charge in [-0.2, -0.15) is 0 Å². The molecule has 1 aliphatic heterocycles. The molecule has 0 saturated heterocycles. The first-order valence-electron chi connectivity index (χ1n) is 10.5. The highest BCUT2D eigenvalue weighted by molar-refractivity contribution is 8.03. The van der Waals surface area contributed by atoms with E-state index in [1.807, 2.05) is 30.3 Å². The lowest BCUT2D eigenvalue weighted by Crippen LogP contribution is -2.23. The summed E-state index contributed by atoms with van der Waals surface area (Å²) in [5, 5.41) is 15.2. The van der Waals surface area contributed by atoms with E-state index in [1.165, 1.54) is 20.3 Å². The van der Waals surface area contributed by atoms with E-state index in [-0.39, 0.29) is 28.4 Å². The molecule has 2 aromatic carbocycles. The lowest BCUT2D eigenvalue weighted by atomic mass is 10.1. The third-order valence-corrected chi connectivity index (χ3v) is 6.19. The van der Waals surface area contributed by atoms with E-state index in [0.717, 1.165) is 23.2 Å². The van der Waals surface area contributed by atoms with Crippen molar-refractivity contribution < 1.29 is 19.4 Å². The number of amides is 1. The van der Waals surface area contributed by atoms with Crippen molar-refractivity contribution in [3.8, 4) is 17.2 Å². The smallest absolute Gasteiger partial charge is 0.244 e. The molecule has 0 radical (unpaired) electrons. The molecule has 1 unspecified atom stereocenters. The summed E-state index contributed by atoms with van der Waals surface area (Å²) in [5.41, 5.74) is 12.9. The number of benzene rings is 2. The number of nitrogens with one attached hydrogen (secondary N) is 1. The number of allylic oxidation sites excluding steroid dienone is 1. The molecule has 3 rings (SSSR count). The number of hydrogen-bond acceptors (Lipinski definition) is 6. The van der Waals surface area contributed by atoms with Crippen LogP contribution >= 0.6 is 11.8 Å². The number of hydrogen-bond donors (Lipinski definition) is 3. The zero-order valence-electron chi connectivity index (χ0n) is 18.7. The van der Waals surface area contributed by atoms with Crippen molar-refractivity contribution in [2.75, 3.05) is 20.8 Å². The minimum absolute atomic E-state index is 0.0762. The van der Waals surface area contributed by atoms with Crippen LogP contribution in [-0.2, 0) is 11.2 Å². The summed E-state index contributed by atoms with van der Waals surface area (Å²) in [7, 11) is 2.91. The first-order chi connectivity index (χ1) is 16.0. The first kappa shape index (κ1) is 24.1. The Bertz CT molecular complexity index is 1070. The van der Waals surface area contributed by atoms with Crippen LogP contribution < -0.4 is 20.5 Å². The van der Waals surface area contributed by atoms with Gasteiger partial charge >= 0.3 is 0 Å². The monoisotopic (exact) mass is 464 g/mol. The van der Waals surface area contributed by atoms with Crippen molar-refractivity contribution in [2.24, 2.45) is 5.73 Å². The number of carbonyl (C=O) groups excluding carboxylic acids is 1. The minimum atomic E-state index is -0.208. The van der Waals surface area contributed by atoms with E-state index in [2.05, 4.69) is 22.5 Å². The molecule has 2 aromatic rings. The molecule has 1 amide bonds. The van der Waals surface area contributed by atoms with Gasteiger partial charge in [0.15, 0.2) is 11.5 Å². The topological polar surface area (TPSA) is 93.8 Å². The Kier molecular flexibility index (Phi) is 8.70. The lowest BCUT2D eigenvalue weighted by molar-refractivity contribution is -0.116. The van der Waals surface area contributed by atoms with E-state index >= 15 is 0 Å². The highest BCUT2D eigenvalue weighted by Gasteiger charge is 2.13. The fourth-order valence-corrected chi connectivity index (χ4v) is 4.05. The van der Waals surface area contributed by atoms with Crippen LogP contribution in [0.3, 0.4) is 0 Å². The second-order valence-corrected chi connectivity index (χ2v) is 8.48. The molecule has 1 atom stereocenters. The fraction of sp³-hybridized carbons (Fsp3) is 0.231. The van der Waals surface area contributed by atoms with Crippen LogP contribution in [0, 0.1) is 0 Å². The van der Waals surface area contributed by atoms with E-state index in [9.17, 15) is 9.90 Å². The Balaban J connectivity index is 1.49. The molecule has 0 saturated carbocycles. The van der Waals surface area contributed by atoms with Crippen molar-refractivity contribution in [2.45, 2.75) is 18.1 Å². The molecule has 0 spiro atoms. The number of thioether (sulfide) groups is 1. The molecule has 1 heterocycles. The summed E-state index contributed by atoms with van der Waals surface area (Å²) >= 11 is 1.72. The van der Waals surface area contributed by atoms with Gasteiger partial charge in [0.2, 0.25) is 11.7 Å². The molecular formula is C26H28N2O4S. The zero-order chi connectivity index (χ0) is 23.6. The van der Waals surface area contributed by atoms with Gasteiger partial charge in [0.05, 0.1) is 25.2 Å². The van der Waals surface area contributed by atoms with Gasteiger partial charge in [0, 0.05) is 12.6 Å². The van der Waals surface area contributed by atoms with Crippen LogP contribution in [0.1, 0.15) is 23.1 Å².